The molecule has 1 N–H and O–H groups in total. The van der Waals surface area contributed by atoms with Crippen LogP contribution in [0.15, 0.2) is 12.3 Å². The third-order valence-electron chi connectivity index (χ3n) is 1.90. The molecule has 0 aliphatic heterocycles. The molecule has 0 saturated heterocycles. The monoisotopic (exact) mass is 227 g/mol. The lowest BCUT2D eigenvalue weighted by atomic mass is 10.2. The van der Waals surface area contributed by atoms with Crippen LogP contribution in [-0.4, -0.2) is 35.6 Å². The first-order valence-corrected chi connectivity index (χ1v) is 6.25. The third kappa shape index (κ3) is 4.38. The lowest BCUT2D eigenvalue weighted by molar-refractivity contribution is 0.397. The van der Waals surface area contributed by atoms with Crippen LogP contribution in [0.4, 0.5) is 5.95 Å². The fourth-order valence-corrected chi connectivity index (χ4v) is 1.84. The summed E-state index contributed by atoms with van der Waals surface area (Å²) in [4.78, 5) is 8.28. The highest BCUT2D eigenvalue weighted by molar-refractivity contribution is 7.98. The van der Waals surface area contributed by atoms with E-state index in [1.165, 1.54) is 0 Å². The van der Waals surface area contributed by atoms with Crippen molar-refractivity contribution >= 4 is 17.7 Å². The number of hydrogen-bond acceptors (Lipinski definition) is 5. The van der Waals surface area contributed by atoms with E-state index in [4.69, 9.17) is 4.74 Å². The Bertz CT molecular complexity index is 296. The molecule has 0 amide bonds. The predicted octanol–water partition coefficient (Wildman–Crippen LogP) is 1.90. The van der Waals surface area contributed by atoms with E-state index in [0.29, 0.717) is 17.7 Å². The van der Waals surface area contributed by atoms with Gasteiger partial charge in [-0.3, -0.25) is 0 Å². The molecule has 0 radical (unpaired) electrons. The topological polar surface area (TPSA) is 47.0 Å². The predicted molar refractivity (Wildman–Crippen MR) is 64.6 cm³/mol. The fourth-order valence-electron chi connectivity index (χ4n) is 1.15. The van der Waals surface area contributed by atoms with Gasteiger partial charge >= 0.3 is 0 Å². The number of rotatable bonds is 6. The minimum absolute atomic E-state index is 0.588. The lowest BCUT2D eigenvalue weighted by Crippen LogP contribution is -2.14. The van der Waals surface area contributed by atoms with Crippen LogP contribution in [0.5, 0.6) is 5.88 Å². The average molecular weight is 227 g/mol. The smallest absolute Gasteiger partial charge is 0.225 e. The first-order valence-electron chi connectivity index (χ1n) is 4.86. The van der Waals surface area contributed by atoms with Gasteiger partial charge in [0.25, 0.3) is 0 Å². The summed E-state index contributed by atoms with van der Waals surface area (Å²) in [6, 6.07) is 1.73. The van der Waals surface area contributed by atoms with Crippen molar-refractivity contribution in [1.82, 2.24) is 9.97 Å². The molecule has 4 nitrogen and oxygen atoms in total. The minimum Gasteiger partial charge on any atom is -0.481 e. The van der Waals surface area contributed by atoms with Gasteiger partial charge in [-0.1, -0.05) is 6.92 Å². The summed E-state index contributed by atoms with van der Waals surface area (Å²) in [5.41, 5.74) is 0. The molecule has 1 aromatic heterocycles. The maximum atomic E-state index is 5.01. The van der Waals surface area contributed by atoms with E-state index in [9.17, 15) is 0 Å². The van der Waals surface area contributed by atoms with Crippen LogP contribution in [0, 0.1) is 5.92 Å². The number of aromatic nitrogens is 2. The molecule has 0 fully saturated rings. The number of hydrogen-bond donors (Lipinski definition) is 1. The van der Waals surface area contributed by atoms with Gasteiger partial charge in [0.2, 0.25) is 11.8 Å². The second kappa shape index (κ2) is 6.50. The van der Waals surface area contributed by atoms with Crippen molar-refractivity contribution in [2.75, 3.05) is 31.0 Å². The standard InChI is InChI=1S/C10H17N3OS/c1-8(7-15-3)6-12-10-11-5-4-9(13-10)14-2/h4-5,8H,6-7H2,1-3H3,(H,11,12,13). The van der Waals surface area contributed by atoms with Gasteiger partial charge in [0.15, 0.2) is 0 Å². The van der Waals surface area contributed by atoms with E-state index >= 15 is 0 Å². The molecule has 15 heavy (non-hydrogen) atoms. The molecule has 1 atom stereocenters. The molecule has 0 bridgehead atoms. The van der Waals surface area contributed by atoms with Crippen molar-refractivity contribution in [2.24, 2.45) is 5.92 Å². The second-order valence-corrected chi connectivity index (χ2v) is 4.27. The van der Waals surface area contributed by atoms with Crippen LogP contribution in [0.3, 0.4) is 0 Å². The zero-order valence-electron chi connectivity index (χ0n) is 9.36. The van der Waals surface area contributed by atoms with Gasteiger partial charge in [0.1, 0.15) is 0 Å². The van der Waals surface area contributed by atoms with Crippen LogP contribution in [-0.2, 0) is 0 Å². The number of nitrogens with one attached hydrogen (secondary N) is 1. The first-order chi connectivity index (χ1) is 7.26. The van der Waals surface area contributed by atoms with Gasteiger partial charge in [-0.15, -0.1) is 0 Å². The second-order valence-electron chi connectivity index (χ2n) is 3.36. The fraction of sp³-hybridized carbons (Fsp3) is 0.600. The van der Waals surface area contributed by atoms with Gasteiger partial charge in [-0.25, -0.2) is 4.98 Å². The molecule has 5 heteroatoms. The van der Waals surface area contributed by atoms with Crippen molar-refractivity contribution in [3.05, 3.63) is 12.3 Å². The van der Waals surface area contributed by atoms with Crippen molar-refractivity contribution in [3.8, 4) is 5.88 Å². The summed E-state index contributed by atoms with van der Waals surface area (Å²) in [6.45, 7) is 3.08. The van der Waals surface area contributed by atoms with E-state index in [0.717, 1.165) is 12.3 Å². The quantitative estimate of drug-likeness (QED) is 0.804. The zero-order valence-corrected chi connectivity index (χ0v) is 10.2. The average Bonchev–Trinajstić information content (AvgIpc) is 2.27. The highest BCUT2D eigenvalue weighted by atomic mass is 32.2. The van der Waals surface area contributed by atoms with Gasteiger partial charge < -0.3 is 10.1 Å². The highest BCUT2D eigenvalue weighted by Gasteiger charge is 2.02. The van der Waals surface area contributed by atoms with E-state index in [-0.39, 0.29) is 0 Å². The summed E-state index contributed by atoms with van der Waals surface area (Å²) in [5.74, 6) is 2.96. The zero-order chi connectivity index (χ0) is 11.1. The van der Waals surface area contributed by atoms with Crippen molar-refractivity contribution < 1.29 is 4.74 Å². The van der Waals surface area contributed by atoms with E-state index < -0.39 is 0 Å². The van der Waals surface area contributed by atoms with Crippen molar-refractivity contribution in [3.63, 3.8) is 0 Å². The Labute approximate surface area is 94.8 Å². The van der Waals surface area contributed by atoms with Crippen LogP contribution in [0.1, 0.15) is 6.92 Å². The van der Waals surface area contributed by atoms with Gasteiger partial charge in [0.05, 0.1) is 7.11 Å². The van der Waals surface area contributed by atoms with Crippen molar-refractivity contribution in [2.45, 2.75) is 6.92 Å². The molecule has 0 aliphatic carbocycles. The van der Waals surface area contributed by atoms with Crippen LogP contribution < -0.4 is 10.1 Å². The maximum Gasteiger partial charge on any atom is 0.225 e. The number of nitrogens with zero attached hydrogens (tertiary/aromatic N) is 2. The normalized spacial score (nSPS) is 12.2. The summed E-state index contributed by atoms with van der Waals surface area (Å²) < 4.78 is 5.01. The number of methoxy groups -OCH3 is 1. The molecule has 1 unspecified atom stereocenters. The van der Waals surface area contributed by atoms with E-state index in [2.05, 4.69) is 28.5 Å². The Morgan fingerprint density at radius 1 is 1.60 bits per heavy atom. The first kappa shape index (κ1) is 12.1. The summed E-state index contributed by atoms with van der Waals surface area (Å²) in [5, 5.41) is 3.19. The van der Waals surface area contributed by atoms with E-state index in [1.807, 2.05) is 11.8 Å². The Hall–Kier alpha value is -0.970. The van der Waals surface area contributed by atoms with Crippen molar-refractivity contribution in [1.29, 1.82) is 0 Å². The molecule has 1 aromatic rings. The summed E-state index contributed by atoms with van der Waals surface area (Å²) in [6.07, 6.45) is 3.80. The minimum atomic E-state index is 0.588. The lowest BCUT2D eigenvalue weighted by Gasteiger charge is -2.11. The van der Waals surface area contributed by atoms with Gasteiger partial charge in [0, 0.05) is 18.8 Å². The molecule has 84 valence electrons. The summed E-state index contributed by atoms with van der Waals surface area (Å²) >= 11 is 1.85. The molecular formula is C10H17N3OS. The van der Waals surface area contributed by atoms with Crippen LogP contribution in [0.2, 0.25) is 0 Å². The van der Waals surface area contributed by atoms with Crippen LogP contribution in [0.25, 0.3) is 0 Å². The molecule has 0 saturated carbocycles. The maximum absolute atomic E-state index is 5.01. The summed E-state index contributed by atoms with van der Waals surface area (Å²) in [7, 11) is 1.60. The Morgan fingerprint density at radius 3 is 3.07 bits per heavy atom. The molecule has 0 spiro atoms. The molecule has 0 aromatic carbocycles. The number of thioether (sulfide) groups is 1. The molecular weight excluding hydrogens is 210 g/mol. The Morgan fingerprint density at radius 2 is 2.40 bits per heavy atom. The molecule has 1 rings (SSSR count). The van der Waals surface area contributed by atoms with Crippen LogP contribution >= 0.6 is 11.8 Å². The molecule has 0 aliphatic rings. The highest BCUT2D eigenvalue weighted by Crippen LogP contribution is 2.09. The van der Waals surface area contributed by atoms with Gasteiger partial charge in [-0.05, 0) is 17.9 Å². The van der Waals surface area contributed by atoms with Gasteiger partial charge in [-0.2, -0.15) is 16.7 Å². The molecule has 1 heterocycles. The third-order valence-corrected chi connectivity index (χ3v) is 2.80. The number of anilines is 1. The van der Waals surface area contributed by atoms with E-state index in [1.54, 1.807) is 19.4 Å². The Balaban J connectivity index is 2.43. The largest absolute Gasteiger partial charge is 0.481 e. The number of ether oxygens (including phenoxy) is 1. The SMILES string of the molecule is COc1ccnc(NCC(C)CSC)n1. The Kier molecular flexibility index (Phi) is 5.25.